The molecule has 30 heavy (non-hydrogen) atoms. The van der Waals surface area contributed by atoms with Gasteiger partial charge < -0.3 is 14.8 Å². The van der Waals surface area contributed by atoms with Crippen LogP contribution < -0.4 is 10.1 Å². The second-order valence-electron chi connectivity index (χ2n) is 7.20. The molecule has 3 aromatic rings. The van der Waals surface area contributed by atoms with Gasteiger partial charge in [-0.05, 0) is 47.4 Å². The highest BCUT2D eigenvalue weighted by molar-refractivity contribution is 5.95. The molecule has 3 rings (SSSR count). The number of ether oxygens (including phenoxy) is 2. The van der Waals surface area contributed by atoms with E-state index in [4.69, 9.17) is 9.47 Å². The van der Waals surface area contributed by atoms with E-state index in [1.165, 1.54) is 5.56 Å². The molecule has 5 nitrogen and oxygen atoms in total. The van der Waals surface area contributed by atoms with Crippen LogP contribution in [0.25, 0.3) is 0 Å². The zero-order valence-corrected chi connectivity index (χ0v) is 17.1. The molecule has 0 atom stereocenters. The summed E-state index contributed by atoms with van der Waals surface area (Å²) in [6.45, 7) is 4.25. The van der Waals surface area contributed by atoms with Gasteiger partial charge in [0.25, 0.3) is 5.91 Å². The normalized spacial score (nSPS) is 10.5. The summed E-state index contributed by atoms with van der Waals surface area (Å²) in [6, 6.07) is 24.1. The lowest BCUT2D eigenvalue weighted by Gasteiger charge is -2.10. The molecule has 0 aliphatic rings. The molecule has 1 N–H and O–H groups in total. The predicted octanol–water partition coefficient (Wildman–Crippen LogP) is 5.18. The van der Waals surface area contributed by atoms with E-state index in [0.29, 0.717) is 29.5 Å². The second kappa shape index (κ2) is 10.3. The fourth-order valence-corrected chi connectivity index (χ4v) is 2.82. The number of amides is 1. The molecule has 0 aliphatic carbocycles. The van der Waals surface area contributed by atoms with Crippen LogP contribution in [0.5, 0.6) is 5.75 Å². The molecule has 154 valence electrons. The first kappa shape index (κ1) is 21.1. The van der Waals surface area contributed by atoms with E-state index in [2.05, 4.69) is 19.2 Å². The largest absolute Gasteiger partial charge is 0.489 e. The Bertz CT molecular complexity index is 982. The summed E-state index contributed by atoms with van der Waals surface area (Å²) in [7, 11) is 0. The van der Waals surface area contributed by atoms with Gasteiger partial charge in [-0.25, -0.2) is 4.79 Å². The molecule has 5 heteroatoms. The summed E-state index contributed by atoms with van der Waals surface area (Å²) in [5.74, 6) is 0.00809. The van der Waals surface area contributed by atoms with E-state index >= 15 is 0 Å². The first-order valence-corrected chi connectivity index (χ1v) is 9.85. The van der Waals surface area contributed by atoms with Gasteiger partial charge in [0.05, 0.1) is 5.56 Å². The summed E-state index contributed by atoms with van der Waals surface area (Å²) >= 11 is 0. The molecule has 0 bridgehead atoms. The van der Waals surface area contributed by atoms with E-state index in [-0.39, 0.29) is 6.61 Å². The van der Waals surface area contributed by atoms with Crippen molar-refractivity contribution in [2.45, 2.75) is 26.4 Å². The van der Waals surface area contributed by atoms with Gasteiger partial charge in [-0.3, -0.25) is 4.79 Å². The van der Waals surface area contributed by atoms with Gasteiger partial charge >= 0.3 is 5.97 Å². The van der Waals surface area contributed by atoms with Gasteiger partial charge in [0.15, 0.2) is 6.61 Å². The quantitative estimate of drug-likeness (QED) is 0.526. The Morgan fingerprint density at radius 2 is 1.63 bits per heavy atom. The summed E-state index contributed by atoms with van der Waals surface area (Å²) < 4.78 is 10.9. The first-order chi connectivity index (χ1) is 14.5. The maximum atomic E-state index is 12.3. The van der Waals surface area contributed by atoms with E-state index in [9.17, 15) is 9.59 Å². The van der Waals surface area contributed by atoms with Gasteiger partial charge in [0.2, 0.25) is 0 Å². The molecule has 0 aromatic heterocycles. The third-order valence-corrected chi connectivity index (χ3v) is 4.51. The molecule has 0 unspecified atom stereocenters. The summed E-state index contributed by atoms with van der Waals surface area (Å²) in [6.07, 6.45) is 0. The Kier molecular flexibility index (Phi) is 7.22. The molecule has 0 heterocycles. The molecule has 0 saturated carbocycles. The van der Waals surface area contributed by atoms with Gasteiger partial charge in [-0.1, -0.05) is 62.4 Å². The van der Waals surface area contributed by atoms with Crippen molar-refractivity contribution in [1.29, 1.82) is 0 Å². The maximum Gasteiger partial charge on any atom is 0.338 e. The van der Waals surface area contributed by atoms with Crippen molar-refractivity contribution in [2.24, 2.45) is 0 Å². The number of anilines is 1. The molecule has 0 spiro atoms. The number of carbonyl (C=O) groups excluding carboxylic acids is 2. The van der Waals surface area contributed by atoms with Crippen LogP contribution in [0, 0.1) is 0 Å². The van der Waals surface area contributed by atoms with Crippen molar-refractivity contribution >= 4 is 17.6 Å². The average Bonchev–Trinajstić information content (AvgIpc) is 2.77. The monoisotopic (exact) mass is 403 g/mol. The van der Waals surface area contributed by atoms with Crippen molar-refractivity contribution in [2.75, 3.05) is 11.9 Å². The maximum absolute atomic E-state index is 12.3. The van der Waals surface area contributed by atoms with Crippen molar-refractivity contribution in [3.63, 3.8) is 0 Å². The molecule has 0 fully saturated rings. The molecule has 0 saturated heterocycles. The zero-order valence-electron chi connectivity index (χ0n) is 17.1. The number of nitrogens with one attached hydrogen (secondary N) is 1. The second-order valence-corrected chi connectivity index (χ2v) is 7.20. The van der Waals surface area contributed by atoms with Crippen LogP contribution in [-0.4, -0.2) is 18.5 Å². The zero-order chi connectivity index (χ0) is 21.3. The standard InChI is InChI=1S/C25H25NO4/c1-18(2)20-11-13-22(14-12-20)26-24(27)17-30-25(28)21-9-6-10-23(15-21)29-16-19-7-4-3-5-8-19/h3-15,18H,16-17H2,1-2H3,(H,26,27). The van der Waals surface area contributed by atoms with Crippen LogP contribution in [0.4, 0.5) is 5.69 Å². The lowest BCUT2D eigenvalue weighted by molar-refractivity contribution is -0.119. The summed E-state index contributed by atoms with van der Waals surface area (Å²) in [4.78, 5) is 24.4. The molecule has 1 amide bonds. The van der Waals surface area contributed by atoms with Crippen LogP contribution >= 0.6 is 0 Å². The minimum absolute atomic E-state index is 0.328. The topological polar surface area (TPSA) is 64.6 Å². The van der Waals surface area contributed by atoms with Crippen LogP contribution in [0.2, 0.25) is 0 Å². The van der Waals surface area contributed by atoms with Crippen LogP contribution in [0.15, 0.2) is 78.9 Å². The van der Waals surface area contributed by atoms with Crippen molar-refractivity contribution < 1.29 is 19.1 Å². The average molecular weight is 403 g/mol. The highest BCUT2D eigenvalue weighted by atomic mass is 16.5. The van der Waals surface area contributed by atoms with Crippen molar-refractivity contribution in [3.8, 4) is 5.75 Å². The Labute approximate surface area is 176 Å². The molecular formula is C25H25NO4. The summed E-state index contributed by atoms with van der Waals surface area (Å²) in [5.41, 5.74) is 3.21. The highest BCUT2D eigenvalue weighted by Crippen LogP contribution is 2.18. The van der Waals surface area contributed by atoms with Gasteiger partial charge in [-0.15, -0.1) is 0 Å². The lowest BCUT2D eigenvalue weighted by Crippen LogP contribution is -2.21. The number of hydrogen-bond acceptors (Lipinski definition) is 4. The van der Waals surface area contributed by atoms with Crippen molar-refractivity contribution in [3.05, 3.63) is 95.6 Å². The van der Waals surface area contributed by atoms with E-state index in [1.807, 2.05) is 54.6 Å². The third-order valence-electron chi connectivity index (χ3n) is 4.51. The Hall–Kier alpha value is -3.60. The van der Waals surface area contributed by atoms with Crippen LogP contribution in [-0.2, 0) is 16.1 Å². The number of benzene rings is 3. The predicted molar refractivity (Wildman–Crippen MR) is 117 cm³/mol. The third kappa shape index (κ3) is 6.21. The number of rotatable bonds is 8. The number of esters is 1. The fraction of sp³-hybridized carbons (Fsp3) is 0.200. The minimum atomic E-state index is -0.578. The molecule has 0 radical (unpaired) electrons. The molecular weight excluding hydrogens is 378 g/mol. The smallest absolute Gasteiger partial charge is 0.338 e. The fourth-order valence-electron chi connectivity index (χ4n) is 2.82. The van der Waals surface area contributed by atoms with Gasteiger partial charge in [0.1, 0.15) is 12.4 Å². The number of carbonyl (C=O) groups is 2. The Morgan fingerprint density at radius 1 is 0.900 bits per heavy atom. The van der Waals surface area contributed by atoms with Gasteiger partial charge in [0, 0.05) is 5.69 Å². The van der Waals surface area contributed by atoms with Gasteiger partial charge in [-0.2, -0.15) is 0 Å². The van der Waals surface area contributed by atoms with Crippen LogP contribution in [0.1, 0.15) is 41.3 Å². The minimum Gasteiger partial charge on any atom is -0.489 e. The molecule has 0 aliphatic heterocycles. The Balaban J connectivity index is 1.49. The highest BCUT2D eigenvalue weighted by Gasteiger charge is 2.12. The van der Waals surface area contributed by atoms with E-state index in [0.717, 1.165) is 5.56 Å². The lowest BCUT2D eigenvalue weighted by atomic mass is 10.0. The van der Waals surface area contributed by atoms with E-state index in [1.54, 1.807) is 24.3 Å². The summed E-state index contributed by atoms with van der Waals surface area (Å²) in [5, 5.41) is 2.72. The van der Waals surface area contributed by atoms with E-state index < -0.39 is 11.9 Å². The van der Waals surface area contributed by atoms with Crippen molar-refractivity contribution in [1.82, 2.24) is 0 Å². The SMILES string of the molecule is CC(C)c1ccc(NC(=O)COC(=O)c2cccc(OCc3ccccc3)c2)cc1. The Morgan fingerprint density at radius 3 is 2.33 bits per heavy atom. The van der Waals surface area contributed by atoms with Crippen LogP contribution in [0.3, 0.4) is 0 Å². The molecule has 3 aromatic carbocycles. The number of hydrogen-bond donors (Lipinski definition) is 1. The first-order valence-electron chi connectivity index (χ1n) is 9.85.